The van der Waals surface area contributed by atoms with Crippen LogP contribution in [-0.2, 0) is 19.4 Å². The standard InChI is InChI=1S/C10H10ClNO5S/c1-6(13)12-7-2-4-8(5-3-7)18(16,17)9(11)10(14)15/h2-5,9H,1H3,(H,12,13)(H,14,15). The first-order valence-electron chi connectivity index (χ1n) is 4.73. The summed E-state index contributed by atoms with van der Waals surface area (Å²) in [5, 5.41) is 11.0. The summed E-state index contributed by atoms with van der Waals surface area (Å²) in [4.78, 5) is 21.1. The normalized spacial score (nSPS) is 12.8. The molecule has 0 bridgehead atoms. The average Bonchev–Trinajstić information content (AvgIpc) is 2.27. The molecule has 1 aromatic carbocycles. The predicted molar refractivity (Wildman–Crippen MR) is 65.2 cm³/mol. The molecule has 0 aliphatic carbocycles. The van der Waals surface area contributed by atoms with Crippen molar-refractivity contribution < 1.29 is 23.1 Å². The highest BCUT2D eigenvalue weighted by Crippen LogP contribution is 2.21. The van der Waals surface area contributed by atoms with E-state index in [-0.39, 0.29) is 10.8 Å². The van der Waals surface area contributed by atoms with Crippen LogP contribution in [0, 0.1) is 0 Å². The number of carboxylic acid groups (broad SMARTS) is 1. The number of nitrogens with one attached hydrogen (secondary N) is 1. The number of alkyl halides is 1. The van der Waals surface area contributed by atoms with E-state index >= 15 is 0 Å². The first-order valence-corrected chi connectivity index (χ1v) is 6.72. The van der Waals surface area contributed by atoms with E-state index in [1.807, 2.05) is 0 Å². The summed E-state index contributed by atoms with van der Waals surface area (Å²) in [5.74, 6) is -1.94. The van der Waals surface area contributed by atoms with Crippen LogP contribution in [0.2, 0.25) is 0 Å². The number of sulfone groups is 1. The Labute approximate surface area is 108 Å². The van der Waals surface area contributed by atoms with Crippen LogP contribution in [0.1, 0.15) is 6.92 Å². The zero-order valence-corrected chi connectivity index (χ0v) is 10.8. The highest BCUT2D eigenvalue weighted by Gasteiger charge is 2.31. The minimum Gasteiger partial charge on any atom is -0.479 e. The molecule has 1 amide bonds. The third kappa shape index (κ3) is 3.21. The van der Waals surface area contributed by atoms with Gasteiger partial charge in [0, 0.05) is 12.6 Å². The Bertz CT molecular complexity index is 566. The molecule has 0 fully saturated rings. The second-order valence-corrected chi connectivity index (χ2v) is 6.13. The number of halogens is 1. The molecule has 0 saturated carbocycles. The Morgan fingerprint density at radius 1 is 1.28 bits per heavy atom. The van der Waals surface area contributed by atoms with E-state index in [4.69, 9.17) is 16.7 Å². The number of rotatable bonds is 4. The maximum absolute atomic E-state index is 11.7. The highest BCUT2D eigenvalue weighted by atomic mass is 35.5. The zero-order chi connectivity index (χ0) is 13.9. The second-order valence-electron chi connectivity index (χ2n) is 3.40. The van der Waals surface area contributed by atoms with Crippen LogP contribution in [0.5, 0.6) is 0 Å². The van der Waals surface area contributed by atoms with E-state index in [2.05, 4.69) is 5.32 Å². The number of hydrogen-bond acceptors (Lipinski definition) is 4. The Morgan fingerprint density at radius 2 is 1.78 bits per heavy atom. The van der Waals surface area contributed by atoms with Gasteiger partial charge in [-0.15, -0.1) is 0 Å². The largest absolute Gasteiger partial charge is 0.479 e. The van der Waals surface area contributed by atoms with Gasteiger partial charge >= 0.3 is 5.97 Å². The fraction of sp³-hybridized carbons (Fsp3) is 0.200. The minimum absolute atomic E-state index is 0.223. The van der Waals surface area contributed by atoms with E-state index < -0.39 is 20.5 Å². The fourth-order valence-electron chi connectivity index (χ4n) is 1.18. The molecule has 98 valence electrons. The van der Waals surface area contributed by atoms with Gasteiger partial charge in [-0.1, -0.05) is 11.6 Å². The smallest absolute Gasteiger partial charge is 0.337 e. The summed E-state index contributed by atoms with van der Waals surface area (Å²) in [7, 11) is -4.13. The molecule has 8 heteroatoms. The minimum atomic E-state index is -4.13. The number of amides is 1. The average molecular weight is 292 g/mol. The molecule has 1 unspecified atom stereocenters. The molecule has 6 nitrogen and oxygen atoms in total. The molecule has 2 N–H and O–H groups in total. The molecule has 0 saturated heterocycles. The number of benzene rings is 1. The Hall–Kier alpha value is -1.60. The molecule has 0 radical (unpaired) electrons. The molecule has 18 heavy (non-hydrogen) atoms. The van der Waals surface area contributed by atoms with Crippen LogP contribution in [0.4, 0.5) is 5.69 Å². The molecule has 1 rings (SSSR count). The van der Waals surface area contributed by atoms with Gasteiger partial charge in [-0.25, -0.2) is 13.2 Å². The van der Waals surface area contributed by atoms with Gasteiger partial charge in [0.05, 0.1) is 4.90 Å². The summed E-state index contributed by atoms with van der Waals surface area (Å²) in [6, 6.07) is 5.05. The van der Waals surface area contributed by atoms with Crippen LogP contribution < -0.4 is 5.32 Å². The van der Waals surface area contributed by atoms with Gasteiger partial charge in [-0.05, 0) is 24.3 Å². The summed E-state index contributed by atoms with van der Waals surface area (Å²) in [5.41, 5.74) is 0.405. The number of carbonyl (C=O) groups is 2. The van der Waals surface area contributed by atoms with Crippen molar-refractivity contribution in [2.75, 3.05) is 5.32 Å². The Kier molecular flexibility index (Phi) is 4.31. The zero-order valence-electron chi connectivity index (χ0n) is 9.25. The number of carboxylic acids is 1. The van der Waals surface area contributed by atoms with Crippen molar-refractivity contribution in [2.24, 2.45) is 0 Å². The lowest BCUT2D eigenvalue weighted by molar-refractivity contribution is -0.135. The predicted octanol–water partition coefficient (Wildman–Crippen LogP) is 1.07. The molecule has 1 atom stereocenters. The molecule has 0 spiro atoms. The molecule has 0 aromatic heterocycles. The van der Waals surface area contributed by atoms with Crippen LogP contribution >= 0.6 is 11.6 Å². The fourth-order valence-corrected chi connectivity index (χ4v) is 2.51. The molecular weight excluding hydrogens is 282 g/mol. The number of carbonyl (C=O) groups excluding carboxylic acids is 1. The van der Waals surface area contributed by atoms with E-state index in [9.17, 15) is 18.0 Å². The SMILES string of the molecule is CC(=O)Nc1ccc(S(=O)(=O)C(Cl)C(=O)O)cc1. The van der Waals surface area contributed by atoms with Crippen molar-refractivity contribution in [2.45, 2.75) is 16.5 Å². The van der Waals surface area contributed by atoms with Gasteiger partial charge in [0.15, 0.2) is 0 Å². The molecule has 0 heterocycles. The van der Waals surface area contributed by atoms with E-state index in [1.54, 1.807) is 0 Å². The van der Waals surface area contributed by atoms with Gasteiger partial charge in [0.1, 0.15) is 0 Å². The van der Waals surface area contributed by atoms with Crippen LogP contribution in [0.25, 0.3) is 0 Å². The summed E-state index contributed by atoms with van der Waals surface area (Å²) < 4.78 is 21.4. The molecule has 0 aliphatic rings. The van der Waals surface area contributed by atoms with Crippen LogP contribution in [0.15, 0.2) is 29.2 Å². The van der Waals surface area contributed by atoms with Gasteiger partial charge < -0.3 is 10.4 Å². The Morgan fingerprint density at radius 3 is 2.17 bits per heavy atom. The first-order chi connectivity index (χ1) is 8.25. The lowest BCUT2D eigenvalue weighted by Crippen LogP contribution is -2.24. The third-order valence-electron chi connectivity index (χ3n) is 1.97. The monoisotopic (exact) mass is 291 g/mol. The third-order valence-corrected chi connectivity index (χ3v) is 4.54. The van der Waals surface area contributed by atoms with Crippen LogP contribution in [-0.4, -0.2) is 30.1 Å². The second kappa shape index (κ2) is 5.36. The van der Waals surface area contributed by atoms with E-state index in [0.717, 1.165) is 0 Å². The van der Waals surface area contributed by atoms with Gasteiger partial charge in [0.25, 0.3) is 0 Å². The number of anilines is 1. The first kappa shape index (κ1) is 14.5. The van der Waals surface area contributed by atoms with Crippen molar-refractivity contribution in [3.8, 4) is 0 Å². The quantitative estimate of drug-likeness (QED) is 0.808. The van der Waals surface area contributed by atoms with Crippen molar-refractivity contribution >= 4 is 39.0 Å². The molecule has 1 aromatic rings. The Balaban J connectivity index is 3.05. The number of hydrogen-bond donors (Lipinski definition) is 2. The molecule has 0 aliphatic heterocycles. The summed E-state index contributed by atoms with van der Waals surface area (Å²) in [6.45, 7) is 1.31. The summed E-state index contributed by atoms with van der Waals surface area (Å²) in [6.07, 6.45) is 0. The number of aliphatic carboxylic acids is 1. The van der Waals surface area contributed by atoms with Crippen LogP contribution in [0.3, 0.4) is 0 Å². The molecular formula is C10H10ClNO5S. The lowest BCUT2D eigenvalue weighted by atomic mass is 10.3. The highest BCUT2D eigenvalue weighted by molar-refractivity contribution is 7.94. The van der Waals surface area contributed by atoms with Gasteiger partial charge in [-0.3, -0.25) is 4.79 Å². The van der Waals surface area contributed by atoms with Crippen molar-refractivity contribution in [3.05, 3.63) is 24.3 Å². The van der Waals surface area contributed by atoms with E-state index in [1.165, 1.54) is 31.2 Å². The topological polar surface area (TPSA) is 101 Å². The van der Waals surface area contributed by atoms with Crippen molar-refractivity contribution in [1.29, 1.82) is 0 Å². The maximum atomic E-state index is 11.7. The maximum Gasteiger partial charge on any atom is 0.337 e. The lowest BCUT2D eigenvalue weighted by Gasteiger charge is -2.08. The van der Waals surface area contributed by atoms with E-state index in [0.29, 0.717) is 5.69 Å². The van der Waals surface area contributed by atoms with Gasteiger partial charge in [0.2, 0.25) is 20.5 Å². The van der Waals surface area contributed by atoms with Gasteiger partial charge in [-0.2, -0.15) is 0 Å². The van der Waals surface area contributed by atoms with Crippen molar-refractivity contribution in [1.82, 2.24) is 0 Å². The summed E-state index contributed by atoms with van der Waals surface area (Å²) >= 11 is 5.31. The van der Waals surface area contributed by atoms with Crippen molar-refractivity contribution in [3.63, 3.8) is 0 Å².